The summed E-state index contributed by atoms with van der Waals surface area (Å²) in [6.45, 7) is 11.3. The minimum atomic E-state index is -1.68. The molecule has 0 aromatic carbocycles. The number of oxime groups is 1. The van der Waals surface area contributed by atoms with Gasteiger partial charge in [-0.3, -0.25) is 0 Å². The van der Waals surface area contributed by atoms with Gasteiger partial charge in [-0.1, -0.05) is 27.2 Å². The van der Waals surface area contributed by atoms with Crippen molar-refractivity contribution in [3.8, 4) is 0 Å². The van der Waals surface area contributed by atoms with Crippen molar-refractivity contribution in [1.82, 2.24) is 0 Å². The van der Waals surface area contributed by atoms with Crippen LogP contribution in [0, 0.1) is 0 Å². The summed E-state index contributed by atoms with van der Waals surface area (Å²) in [5.74, 6) is 0. The van der Waals surface area contributed by atoms with Crippen LogP contribution in [0.5, 0.6) is 0 Å². The normalized spacial score (nSPS) is 18.9. The lowest BCUT2D eigenvalue weighted by Crippen LogP contribution is -2.39. The van der Waals surface area contributed by atoms with Gasteiger partial charge in [0.2, 0.25) is 0 Å². The fourth-order valence-electron chi connectivity index (χ4n) is 1.37. The molecule has 1 aliphatic rings. The molecule has 0 bridgehead atoms. The van der Waals surface area contributed by atoms with Gasteiger partial charge in [-0.2, -0.15) is 0 Å². The molecule has 0 unspecified atom stereocenters. The fraction of sp³-hybridized carbons (Fsp3) is 0.917. The third-order valence-corrected chi connectivity index (χ3v) is 7.80. The predicted molar refractivity (Wildman–Crippen MR) is 68.8 cm³/mol. The summed E-state index contributed by atoms with van der Waals surface area (Å²) in [7, 11) is -1.68. The summed E-state index contributed by atoms with van der Waals surface area (Å²) < 4.78 is 5.86. The zero-order valence-electron chi connectivity index (χ0n) is 10.9. The van der Waals surface area contributed by atoms with E-state index >= 15 is 0 Å². The molecule has 88 valence electrons. The van der Waals surface area contributed by atoms with Gasteiger partial charge in [0, 0.05) is 0 Å². The Morgan fingerprint density at radius 3 is 2.07 bits per heavy atom. The second-order valence-corrected chi connectivity index (χ2v) is 10.8. The summed E-state index contributed by atoms with van der Waals surface area (Å²) in [4.78, 5) is 0. The molecule has 0 N–H and O–H groups in total. The third kappa shape index (κ3) is 3.63. The molecule has 1 saturated carbocycles. The first-order valence-electron chi connectivity index (χ1n) is 6.07. The van der Waals surface area contributed by atoms with Gasteiger partial charge in [-0.05, 0) is 43.8 Å². The van der Waals surface area contributed by atoms with E-state index in [9.17, 15) is 0 Å². The van der Waals surface area contributed by atoms with Crippen LogP contribution in [0.4, 0.5) is 0 Å². The van der Waals surface area contributed by atoms with Crippen LogP contribution in [0.1, 0.15) is 52.9 Å². The van der Waals surface area contributed by atoms with E-state index in [1.807, 2.05) is 0 Å². The van der Waals surface area contributed by atoms with Crippen molar-refractivity contribution in [2.24, 2.45) is 5.16 Å². The summed E-state index contributed by atoms with van der Waals surface area (Å²) in [5, 5.41) is 4.66. The molecule has 0 aromatic rings. The molecular formula is C12H25NOSi. The molecule has 0 saturated heterocycles. The maximum Gasteiger partial charge on any atom is 0.286 e. The van der Waals surface area contributed by atoms with Crippen LogP contribution >= 0.6 is 0 Å². The minimum absolute atomic E-state index is 0.256. The van der Waals surface area contributed by atoms with Gasteiger partial charge in [-0.25, -0.2) is 0 Å². The van der Waals surface area contributed by atoms with Crippen LogP contribution in [-0.2, 0) is 4.53 Å². The molecule has 0 amide bonds. The largest absolute Gasteiger partial charge is 0.455 e. The van der Waals surface area contributed by atoms with Crippen molar-refractivity contribution in [3.63, 3.8) is 0 Å². The zero-order valence-corrected chi connectivity index (χ0v) is 11.9. The SMILES string of the molecule is CC(C)(C)[Si](C)(C)ON=C1CCCCC1. The van der Waals surface area contributed by atoms with E-state index in [0.29, 0.717) is 0 Å². The first-order valence-corrected chi connectivity index (χ1v) is 8.98. The van der Waals surface area contributed by atoms with Crippen LogP contribution in [-0.4, -0.2) is 14.0 Å². The highest BCUT2D eigenvalue weighted by Crippen LogP contribution is 2.36. The van der Waals surface area contributed by atoms with E-state index < -0.39 is 8.32 Å². The molecule has 1 rings (SSSR count). The lowest BCUT2D eigenvalue weighted by atomic mass is 9.99. The molecule has 3 heteroatoms. The molecule has 0 heterocycles. The number of nitrogens with zero attached hydrogens (tertiary/aromatic N) is 1. The third-order valence-electron chi connectivity index (χ3n) is 3.64. The van der Waals surface area contributed by atoms with Gasteiger partial charge in [0.15, 0.2) is 0 Å². The summed E-state index contributed by atoms with van der Waals surface area (Å²) in [6.07, 6.45) is 6.24. The highest BCUT2D eigenvalue weighted by molar-refractivity contribution is 6.74. The molecular weight excluding hydrogens is 202 g/mol. The van der Waals surface area contributed by atoms with Gasteiger partial charge < -0.3 is 4.53 Å². The van der Waals surface area contributed by atoms with Gasteiger partial charge in [-0.15, -0.1) is 5.16 Å². The van der Waals surface area contributed by atoms with E-state index in [1.165, 1.54) is 25.0 Å². The van der Waals surface area contributed by atoms with E-state index in [-0.39, 0.29) is 5.04 Å². The second kappa shape index (κ2) is 4.68. The molecule has 0 aromatic heterocycles. The highest BCUT2D eigenvalue weighted by atomic mass is 28.4. The Balaban J connectivity index is 2.54. The highest BCUT2D eigenvalue weighted by Gasteiger charge is 2.39. The second-order valence-electron chi connectivity index (χ2n) is 6.07. The van der Waals surface area contributed by atoms with Gasteiger partial charge in [0.1, 0.15) is 0 Å². The Bertz CT molecular complexity index is 232. The lowest BCUT2D eigenvalue weighted by molar-refractivity contribution is 0.304. The van der Waals surface area contributed by atoms with E-state index in [2.05, 4.69) is 39.0 Å². The van der Waals surface area contributed by atoms with Crippen LogP contribution in [0.15, 0.2) is 5.16 Å². The van der Waals surface area contributed by atoms with Gasteiger partial charge in [0.05, 0.1) is 5.71 Å². The Hall–Kier alpha value is -0.313. The van der Waals surface area contributed by atoms with Crippen LogP contribution < -0.4 is 0 Å². The first kappa shape index (κ1) is 12.8. The van der Waals surface area contributed by atoms with Crippen molar-refractivity contribution >= 4 is 14.0 Å². The Morgan fingerprint density at radius 2 is 1.60 bits per heavy atom. The van der Waals surface area contributed by atoms with Crippen LogP contribution in [0.25, 0.3) is 0 Å². The Kier molecular flexibility index (Phi) is 3.98. The molecule has 1 fully saturated rings. The quantitative estimate of drug-likeness (QED) is 0.508. The van der Waals surface area contributed by atoms with E-state index in [4.69, 9.17) is 4.53 Å². The van der Waals surface area contributed by atoms with Gasteiger partial charge in [0.25, 0.3) is 8.32 Å². The summed E-state index contributed by atoms with van der Waals surface area (Å²) in [5.41, 5.74) is 1.28. The monoisotopic (exact) mass is 227 g/mol. The number of hydrogen-bond acceptors (Lipinski definition) is 2. The number of rotatable bonds is 2. The van der Waals surface area contributed by atoms with Gasteiger partial charge >= 0.3 is 0 Å². The Labute approximate surface area is 95.2 Å². The van der Waals surface area contributed by atoms with E-state index in [0.717, 1.165) is 12.8 Å². The predicted octanol–water partition coefficient (Wildman–Crippen LogP) is 4.33. The summed E-state index contributed by atoms with van der Waals surface area (Å²) in [6, 6.07) is 0. The van der Waals surface area contributed by atoms with Crippen molar-refractivity contribution in [2.45, 2.75) is 71.0 Å². The molecule has 0 radical (unpaired) electrons. The molecule has 2 nitrogen and oxygen atoms in total. The smallest absolute Gasteiger partial charge is 0.286 e. The fourth-order valence-corrected chi connectivity index (χ4v) is 2.00. The maximum atomic E-state index is 5.86. The molecule has 15 heavy (non-hydrogen) atoms. The lowest BCUT2D eigenvalue weighted by Gasteiger charge is -2.33. The van der Waals surface area contributed by atoms with Crippen molar-refractivity contribution in [1.29, 1.82) is 0 Å². The van der Waals surface area contributed by atoms with Crippen molar-refractivity contribution < 1.29 is 4.53 Å². The first-order chi connectivity index (χ1) is 6.83. The summed E-state index contributed by atoms with van der Waals surface area (Å²) >= 11 is 0. The minimum Gasteiger partial charge on any atom is -0.455 e. The number of hydrogen-bond donors (Lipinski definition) is 0. The average Bonchev–Trinajstić information content (AvgIpc) is 2.15. The standard InChI is InChI=1S/C12H25NOSi/c1-12(2,3)15(4,5)14-13-11-9-7-6-8-10-11/h6-10H2,1-5H3. The zero-order chi connectivity index (χ0) is 11.5. The van der Waals surface area contributed by atoms with Crippen LogP contribution in [0.2, 0.25) is 18.1 Å². The maximum absolute atomic E-state index is 5.86. The molecule has 0 atom stereocenters. The van der Waals surface area contributed by atoms with Crippen molar-refractivity contribution in [3.05, 3.63) is 0 Å². The van der Waals surface area contributed by atoms with Crippen molar-refractivity contribution in [2.75, 3.05) is 0 Å². The average molecular weight is 227 g/mol. The topological polar surface area (TPSA) is 21.6 Å². The van der Waals surface area contributed by atoms with Crippen LogP contribution in [0.3, 0.4) is 0 Å². The Morgan fingerprint density at radius 1 is 1.07 bits per heavy atom. The molecule has 1 aliphatic carbocycles. The van der Waals surface area contributed by atoms with E-state index in [1.54, 1.807) is 0 Å². The molecule has 0 spiro atoms. The molecule has 0 aliphatic heterocycles.